The molecule has 1 N–H and O–H groups in total. The van der Waals surface area contributed by atoms with Crippen molar-refractivity contribution < 1.29 is 4.92 Å². The highest BCUT2D eigenvalue weighted by Crippen LogP contribution is 2.36. The number of nitro groups is 1. The maximum Gasteiger partial charge on any atom is 0.343 e. The first kappa shape index (κ1) is 28.4. The second-order valence-electron chi connectivity index (χ2n) is 8.71. The average molecular weight is 507 g/mol. The smallest absolute Gasteiger partial charge is 0.343 e. The van der Waals surface area contributed by atoms with Gasteiger partial charge in [0, 0.05) is 16.5 Å². The number of rotatable bonds is 19. The van der Waals surface area contributed by atoms with Crippen molar-refractivity contribution in [1.82, 2.24) is 9.97 Å². The number of nitrogens with zero attached hydrogens (tertiary/aromatic N) is 3. The molecule has 8 heteroatoms. The highest BCUT2D eigenvalue weighted by molar-refractivity contribution is 7.99. The zero-order valence-corrected chi connectivity index (χ0v) is 22.0. The number of unbranched alkanes of at least 4 members (excludes halogenated alkanes) is 13. The lowest BCUT2D eigenvalue weighted by Crippen LogP contribution is -2.08. The van der Waals surface area contributed by atoms with Gasteiger partial charge in [0.05, 0.1) is 4.92 Å². The molecule has 34 heavy (non-hydrogen) atoms. The van der Waals surface area contributed by atoms with Gasteiger partial charge in [-0.25, -0.2) is 9.97 Å². The van der Waals surface area contributed by atoms with E-state index >= 15 is 0 Å². The minimum Gasteiger partial charge on any atom is -0.364 e. The molecule has 1 heterocycles. The van der Waals surface area contributed by atoms with Crippen molar-refractivity contribution >= 4 is 34.9 Å². The number of hydrogen-bond acceptors (Lipinski definition) is 6. The zero-order valence-electron chi connectivity index (χ0n) is 20.4. The molecule has 0 amide bonds. The molecule has 0 saturated heterocycles. The normalized spacial score (nSPS) is 11.0. The Morgan fingerprint density at radius 1 is 0.853 bits per heavy atom. The molecule has 0 aliphatic rings. The van der Waals surface area contributed by atoms with E-state index in [-0.39, 0.29) is 11.5 Å². The van der Waals surface area contributed by atoms with Crippen molar-refractivity contribution in [3.63, 3.8) is 0 Å². The Bertz CT molecular complexity index is 836. The fourth-order valence-corrected chi connectivity index (χ4v) is 4.86. The lowest BCUT2D eigenvalue weighted by Gasteiger charge is -2.08. The summed E-state index contributed by atoms with van der Waals surface area (Å²) in [7, 11) is 0. The van der Waals surface area contributed by atoms with Gasteiger partial charge in [-0.05, 0) is 30.7 Å². The SMILES string of the molecule is CCCCCCCCCCCCCCCCNc1ncnc(Sc2ccc(Cl)cc2)c1[N+](=O)[O-]. The van der Waals surface area contributed by atoms with Crippen molar-refractivity contribution in [2.45, 2.75) is 107 Å². The minimum absolute atomic E-state index is 0.0761. The van der Waals surface area contributed by atoms with Gasteiger partial charge in [0.1, 0.15) is 6.33 Å². The van der Waals surface area contributed by atoms with E-state index in [4.69, 9.17) is 11.6 Å². The van der Waals surface area contributed by atoms with E-state index in [1.807, 2.05) is 12.1 Å². The van der Waals surface area contributed by atoms with Gasteiger partial charge in [0.2, 0.25) is 5.82 Å². The van der Waals surface area contributed by atoms with Crippen LogP contribution in [0.15, 0.2) is 40.5 Å². The third-order valence-corrected chi connectivity index (χ3v) is 7.07. The quantitative estimate of drug-likeness (QED) is 0.0885. The molecular weight excluding hydrogens is 468 g/mol. The molecule has 188 valence electrons. The van der Waals surface area contributed by atoms with E-state index in [9.17, 15) is 10.1 Å². The Hall–Kier alpha value is -1.86. The van der Waals surface area contributed by atoms with Gasteiger partial charge in [-0.1, -0.05) is 114 Å². The monoisotopic (exact) mass is 506 g/mol. The lowest BCUT2D eigenvalue weighted by atomic mass is 10.0. The van der Waals surface area contributed by atoms with Crippen LogP contribution in [0, 0.1) is 10.1 Å². The van der Waals surface area contributed by atoms with Crippen molar-refractivity contribution in [3.05, 3.63) is 45.7 Å². The fourth-order valence-electron chi connectivity index (χ4n) is 3.87. The molecule has 0 radical (unpaired) electrons. The predicted octanol–water partition coefficient (Wildman–Crippen LogP) is 9.08. The molecule has 0 fully saturated rings. The van der Waals surface area contributed by atoms with Crippen LogP contribution in [0.4, 0.5) is 11.5 Å². The maximum atomic E-state index is 11.7. The Morgan fingerprint density at radius 2 is 1.38 bits per heavy atom. The van der Waals surface area contributed by atoms with Crippen LogP contribution in [0.5, 0.6) is 0 Å². The molecule has 1 aromatic heterocycles. The summed E-state index contributed by atoms with van der Waals surface area (Å²) in [5, 5.41) is 15.8. The summed E-state index contributed by atoms with van der Waals surface area (Å²) in [6.45, 7) is 2.93. The maximum absolute atomic E-state index is 11.7. The fraction of sp³-hybridized carbons (Fsp3) is 0.615. The number of aromatic nitrogens is 2. The first-order chi connectivity index (χ1) is 16.6. The molecule has 2 rings (SSSR count). The molecule has 0 spiro atoms. The molecule has 0 bridgehead atoms. The van der Waals surface area contributed by atoms with Crippen LogP contribution in [0.25, 0.3) is 0 Å². The topological polar surface area (TPSA) is 81.0 Å². The zero-order chi connectivity index (χ0) is 24.4. The van der Waals surface area contributed by atoms with E-state index in [1.165, 1.54) is 95.1 Å². The van der Waals surface area contributed by atoms with Crippen molar-refractivity contribution in [1.29, 1.82) is 0 Å². The number of benzene rings is 1. The van der Waals surface area contributed by atoms with Crippen molar-refractivity contribution in [2.75, 3.05) is 11.9 Å². The summed E-state index contributed by atoms with van der Waals surface area (Å²) in [6.07, 6.45) is 19.7. The van der Waals surface area contributed by atoms with Gasteiger partial charge in [0.25, 0.3) is 0 Å². The number of nitrogens with one attached hydrogen (secondary N) is 1. The van der Waals surface area contributed by atoms with E-state index in [1.54, 1.807) is 12.1 Å². The number of anilines is 1. The van der Waals surface area contributed by atoms with Crippen LogP contribution in [0.3, 0.4) is 0 Å². The molecule has 2 aromatic rings. The highest BCUT2D eigenvalue weighted by Gasteiger charge is 2.23. The largest absolute Gasteiger partial charge is 0.364 e. The third-order valence-electron chi connectivity index (χ3n) is 5.82. The average Bonchev–Trinajstić information content (AvgIpc) is 2.83. The molecule has 0 aliphatic carbocycles. The van der Waals surface area contributed by atoms with Crippen LogP contribution >= 0.6 is 23.4 Å². The first-order valence-electron chi connectivity index (χ1n) is 12.8. The summed E-state index contributed by atoms with van der Waals surface area (Å²) in [4.78, 5) is 20.4. The van der Waals surface area contributed by atoms with Gasteiger partial charge in [-0.15, -0.1) is 0 Å². The molecular formula is C26H39ClN4O2S. The second-order valence-corrected chi connectivity index (χ2v) is 10.2. The van der Waals surface area contributed by atoms with E-state index in [0.717, 1.165) is 17.7 Å². The van der Waals surface area contributed by atoms with Crippen LogP contribution < -0.4 is 5.32 Å². The summed E-state index contributed by atoms with van der Waals surface area (Å²) >= 11 is 7.16. The van der Waals surface area contributed by atoms with Crippen LogP contribution in [0.2, 0.25) is 5.02 Å². The molecule has 0 aliphatic heterocycles. The molecule has 6 nitrogen and oxygen atoms in total. The molecule has 0 atom stereocenters. The Labute approximate surface area is 213 Å². The number of hydrogen-bond donors (Lipinski definition) is 1. The molecule has 0 unspecified atom stereocenters. The summed E-state index contributed by atoms with van der Waals surface area (Å²) < 4.78 is 0. The molecule has 0 saturated carbocycles. The van der Waals surface area contributed by atoms with Crippen LogP contribution in [-0.2, 0) is 0 Å². The summed E-state index contributed by atoms with van der Waals surface area (Å²) in [6, 6.07) is 7.15. The number of halogens is 1. The van der Waals surface area contributed by atoms with Crippen molar-refractivity contribution in [2.24, 2.45) is 0 Å². The Kier molecular flexibility index (Phi) is 14.7. The lowest BCUT2D eigenvalue weighted by molar-refractivity contribution is -0.387. The van der Waals surface area contributed by atoms with Crippen molar-refractivity contribution in [3.8, 4) is 0 Å². The van der Waals surface area contributed by atoms with Crippen LogP contribution in [0.1, 0.15) is 96.8 Å². The van der Waals surface area contributed by atoms with E-state index in [2.05, 4.69) is 22.2 Å². The third kappa shape index (κ3) is 11.5. The van der Waals surface area contributed by atoms with Gasteiger partial charge >= 0.3 is 5.69 Å². The van der Waals surface area contributed by atoms with E-state index in [0.29, 0.717) is 16.6 Å². The Balaban J connectivity index is 1.61. The van der Waals surface area contributed by atoms with Gasteiger partial charge < -0.3 is 5.32 Å². The molecule has 1 aromatic carbocycles. The Morgan fingerprint density at radius 3 is 1.91 bits per heavy atom. The summed E-state index contributed by atoms with van der Waals surface area (Å²) in [5.41, 5.74) is -0.0761. The standard InChI is InChI=1S/C26H39ClN4O2S/c1-2-3-4-5-6-7-8-9-10-11-12-13-14-15-20-28-25-24(31(32)33)26(30-21-29-25)34-23-18-16-22(27)17-19-23/h16-19,21H,2-15,20H2,1H3,(H,28,29,30). The predicted molar refractivity (Wildman–Crippen MR) is 143 cm³/mol. The minimum atomic E-state index is -0.411. The van der Waals surface area contributed by atoms with Crippen LogP contribution in [-0.4, -0.2) is 21.4 Å². The first-order valence-corrected chi connectivity index (χ1v) is 14.0. The summed E-state index contributed by atoms with van der Waals surface area (Å²) in [5.74, 6) is 0.283. The van der Waals surface area contributed by atoms with Gasteiger partial charge in [0.15, 0.2) is 5.03 Å². The van der Waals surface area contributed by atoms with E-state index < -0.39 is 4.92 Å². The van der Waals surface area contributed by atoms with Gasteiger partial charge in [-0.3, -0.25) is 10.1 Å². The van der Waals surface area contributed by atoms with Gasteiger partial charge in [-0.2, -0.15) is 0 Å². The highest BCUT2D eigenvalue weighted by atomic mass is 35.5. The second kappa shape index (κ2) is 17.6.